The number of esters is 1. The highest BCUT2D eigenvalue weighted by atomic mass is 16.5. The number of H-pyrrole nitrogens is 1. The number of anilines is 1. The Kier molecular flexibility index (Phi) is 4.07. The molecule has 1 fully saturated rings. The molecule has 25 heavy (non-hydrogen) atoms. The van der Waals surface area contributed by atoms with E-state index in [4.69, 9.17) is 4.74 Å². The second-order valence-corrected chi connectivity index (χ2v) is 6.64. The van der Waals surface area contributed by atoms with E-state index in [1.54, 1.807) is 6.20 Å². The molecule has 3 heterocycles. The summed E-state index contributed by atoms with van der Waals surface area (Å²) in [5, 5.41) is 2.20. The van der Waals surface area contributed by atoms with Gasteiger partial charge in [0.1, 0.15) is 0 Å². The Bertz CT molecular complexity index is 939. The highest BCUT2D eigenvalue weighted by molar-refractivity contribution is 6.11. The Hall–Kier alpha value is -2.56. The van der Waals surface area contributed by atoms with Crippen molar-refractivity contribution in [1.29, 1.82) is 0 Å². The molecule has 4 rings (SSSR count). The number of benzene rings is 1. The molecule has 5 nitrogen and oxygen atoms in total. The number of ether oxygens (including phenoxy) is 1. The number of fused-ring (bicyclic) bond motifs is 3. The van der Waals surface area contributed by atoms with Gasteiger partial charge in [0.2, 0.25) is 0 Å². The molecule has 0 unspecified atom stereocenters. The summed E-state index contributed by atoms with van der Waals surface area (Å²) in [7, 11) is 0. The predicted octanol–water partition coefficient (Wildman–Crippen LogP) is 4.19. The summed E-state index contributed by atoms with van der Waals surface area (Å²) in [6.45, 7) is 6.33. The number of hydrogen-bond acceptors (Lipinski definition) is 4. The normalized spacial score (nSPS) is 15.0. The van der Waals surface area contributed by atoms with E-state index < -0.39 is 0 Å². The Morgan fingerprint density at radius 2 is 2.04 bits per heavy atom. The molecule has 1 N–H and O–H groups in total. The summed E-state index contributed by atoms with van der Waals surface area (Å²) >= 11 is 0. The molecule has 1 aliphatic heterocycles. The Morgan fingerprint density at radius 1 is 1.24 bits per heavy atom. The van der Waals surface area contributed by atoms with Crippen LogP contribution >= 0.6 is 0 Å². The molecule has 0 saturated carbocycles. The van der Waals surface area contributed by atoms with Gasteiger partial charge >= 0.3 is 5.97 Å². The highest BCUT2D eigenvalue weighted by Gasteiger charge is 2.18. The zero-order chi connectivity index (χ0) is 17.4. The van der Waals surface area contributed by atoms with Gasteiger partial charge in [0.05, 0.1) is 18.3 Å². The third-order valence-corrected chi connectivity index (χ3v) is 5.05. The fourth-order valence-electron chi connectivity index (χ4n) is 3.80. The summed E-state index contributed by atoms with van der Waals surface area (Å²) in [6, 6.07) is 6.54. The molecular formula is C20H23N3O2. The first-order valence-corrected chi connectivity index (χ1v) is 9.02. The molecule has 1 aliphatic rings. The van der Waals surface area contributed by atoms with Crippen LogP contribution in [0.15, 0.2) is 24.4 Å². The minimum absolute atomic E-state index is 0.352. The summed E-state index contributed by atoms with van der Waals surface area (Å²) in [5.74, 6) is -0.358. The molecule has 1 aromatic carbocycles. The highest BCUT2D eigenvalue weighted by Crippen LogP contribution is 2.32. The van der Waals surface area contributed by atoms with Crippen LogP contribution in [-0.4, -0.2) is 35.6 Å². The molecule has 3 aromatic rings. The van der Waals surface area contributed by atoms with E-state index in [2.05, 4.69) is 33.1 Å². The zero-order valence-electron chi connectivity index (χ0n) is 14.8. The Labute approximate surface area is 147 Å². The van der Waals surface area contributed by atoms with Crippen molar-refractivity contribution >= 4 is 33.5 Å². The van der Waals surface area contributed by atoms with E-state index in [0.29, 0.717) is 12.3 Å². The van der Waals surface area contributed by atoms with Gasteiger partial charge in [-0.05, 0) is 56.9 Å². The maximum Gasteiger partial charge on any atom is 0.357 e. The number of aryl methyl sites for hydroxylation is 1. The lowest BCUT2D eigenvalue weighted by Crippen LogP contribution is -2.29. The quantitative estimate of drug-likeness (QED) is 0.728. The third kappa shape index (κ3) is 2.73. The van der Waals surface area contributed by atoms with Crippen LogP contribution in [0, 0.1) is 6.92 Å². The number of carbonyl (C=O) groups excluding carboxylic acids is 1. The lowest BCUT2D eigenvalue weighted by atomic mass is 10.0. The number of nitrogens with zero attached hydrogens (tertiary/aromatic N) is 2. The van der Waals surface area contributed by atoms with Gasteiger partial charge in [-0.3, -0.25) is 0 Å². The Balaban J connectivity index is 1.86. The summed E-state index contributed by atoms with van der Waals surface area (Å²) in [6.07, 6.45) is 5.55. The fraction of sp³-hybridized carbons (Fsp3) is 0.400. The van der Waals surface area contributed by atoms with Gasteiger partial charge in [-0.2, -0.15) is 0 Å². The first-order valence-electron chi connectivity index (χ1n) is 9.02. The zero-order valence-corrected chi connectivity index (χ0v) is 14.8. The van der Waals surface area contributed by atoms with Crippen molar-refractivity contribution in [2.75, 3.05) is 24.6 Å². The van der Waals surface area contributed by atoms with Gasteiger partial charge in [-0.1, -0.05) is 0 Å². The molecule has 0 amide bonds. The second-order valence-electron chi connectivity index (χ2n) is 6.64. The number of piperidine rings is 1. The lowest BCUT2D eigenvalue weighted by molar-refractivity contribution is 0.0519. The minimum atomic E-state index is -0.358. The third-order valence-electron chi connectivity index (χ3n) is 5.05. The van der Waals surface area contributed by atoms with E-state index >= 15 is 0 Å². The van der Waals surface area contributed by atoms with Crippen molar-refractivity contribution in [3.05, 3.63) is 35.7 Å². The van der Waals surface area contributed by atoms with Crippen molar-refractivity contribution in [2.24, 2.45) is 0 Å². The molecule has 130 valence electrons. The predicted molar refractivity (Wildman–Crippen MR) is 100 cm³/mol. The minimum Gasteiger partial charge on any atom is -0.461 e. The number of aromatic nitrogens is 2. The van der Waals surface area contributed by atoms with Crippen LogP contribution in [-0.2, 0) is 4.74 Å². The average Bonchev–Trinajstić information content (AvgIpc) is 3.01. The topological polar surface area (TPSA) is 58.2 Å². The van der Waals surface area contributed by atoms with E-state index in [0.717, 1.165) is 40.5 Å². The summed E-state index contributed by atoms with van der Waals surface area (Å²) < 4.78 is 5.15. The van der Waals surface area contributed by atoms with Gasteiger partial charge in [0.15, 0.2) is 5.69 Å². The van der Waals surface area contributed by atoms with Crippen molar-refractivity contribution in [3.8, 4) is 0 Å². The molecule has 0 atom stereocenters. The van der Waals surface area contributed by atoms with Gasteiger partial charge in [-0.25, -0.2) is 9.78 Å². The number of pyridine rings is 1. The van der Waals surface area contributed by atoms with Crippen LogP contribution in [0.2, 0.25) is 0 Å². The summed E-state index contributed by atoms with van der Waals surface area (Å²) in [4.78, 5) is 22.4. The smallest absolute Gasteiger partial charge is 0.357 e. The van der Waals surface area contributed by atoms with E-state index in [9.17, 15) is 4.79 Å². The molecule has 0 radical (unpaired) electrons. The van der Waals surface area contributed by atoms with Crippen molar-refractivity contribution in [3.63, 3.8) is 0 Å². The lowest BCUT2D eigenvalue weighted by Gasteiger charge is -2.28. The van der Waals surface area contributed by atoms with Crippen LogP contribution in [0.3, 0.4) is 0 Å². The maximum absolute atomic E-state index is 12.2. The number of carbonyl (C=O) groups is 1. The molecule has 1 saturated heterocycles. The van der Waals surface area contributed by atoms with Crippen molar-refractivity contribution in [1.82, 2.24) is 9.97 Å². The number of nitrogens with one attached hydrogen (secondary N) is 1. The molecule has 0 spiro atoms. The van der Waals surface area contributed by atoms with Gasteiger partial charge in [0, 0.05) is 35.1 Å². The number of aromatic amines is 1. The standard InChI is InChI=1S/C20H23N3O2/c1-3-25-20(24)19-13(2)18-15-11-14(23-9-5-4-6-10-23)7-8-16(15)22-17(18)12-21-19/h7-8,11-12,22H,3-6,9-10H2,1-2H3. The largest absolute Gasteiger partial charge is 0.461 e. The van der Waals surface area contributed by atoms with Crippen LogP contribution < -0.4 is 4.90 Å². The number of rotatable bonds is 3. The van der Waals surface area contributed by atoms with E-state index in [1.807, 2.05) is 13.8 Å². The van der Waals surface area contributed by atoms with Crippen LogP contribution in [0.4, 0.5) is 5.69 Å². The second kappa shape index (κ2) is 6.39. The van der Waals surface area contributed by atoms with Gasteiger partial charge in [0.25, 0.3) is 0 Å². The SMILES string of the molecule is CCOC(=O)c1ncc2[nH]c3ccc(N4CCCCC4)cc3c2c1C. The molecule has 0 bridgehead atoms. The van der Waals surface area contributed by atoms with E-state index in [1.165, 1.54) is 24.9 Å². The molecule has 0 aliphatic carbocycles. The number of hydrogen-bond donors (Lipinski definition) is 1. The Morgan fingerprint density at radius 3 is 2.80 bits per heavy atom. The molecule has 5 heteroatoms. The van der Waals surface area contributed by atoms with Crippen LogP contribution in [0.1, 0.15) is 42.2 Å². The molecule has 2 aromatic heterocycles. The first kappa shape index (κ1) is 15.9. The fourth-order valence-corrected chi connectivity index (χ4v) is 3.80. The van der Waals surface area contributed by atoms with E-state index in [-0.39, 0.29) is 5.97 Å². The average molecular weight is 337 g/mol. The monoisotopic (exact) mass is 337 g/mol. The molecular weight excluding hydrogens is 314 g/mol. The van der Waals surface area contributed by atoms with Crippen molar-refractivity contribution in [2.45, 2.75) is 33.1 Å². The van der Waals surface area contributed by atoms with Gasteiger partial charge in [-0.15, -0.1) is 0 Å². The first-order chi connectivity index (χ1) is 12.2. The van der Waals surface area contributed by atoms with Gasteiger partial charge < -0.3 is 14.6 Å². The summed E-state index contributed by atoms with van der Waals surface area (Å²) in [5.41, 5.74) is 4.55. The van der Waals surface area contributed by atoms with Crippen LogP contribution in [0.5, 0.6) is 0 Å². The van der Waals surface area contributed by atoms with Crippen LogP contribution in [0.25, 0.3) is 21.8 Å². The van der Waals surface area contributed by atoms with Crippen molar-refractivity contribution < 1.29 is 9.53 Å². The maximum atomic E-state index is 12.2.